The van der Waals surface area contributed by atoms with E-state index in [0.717, 1.165) is 0 Å². The highest BCUT2D eigenvalue weighted by molar-refractivity contribution is 6.05. The van der Waals surface area contributed by atoms with Crippen molar-refractivity contribution in [3.05, 3.63) is 11.6 Å². The van der Waals surface area contributed by atoms with Crippen molar-refractivity contribution in [1.29, 1.82) is 0 Å². The van der Waals surface area contributed by atoms with Crippen molar-refractivity contribution in [3.63, 3.8) is 0 Å². The highest BCUT2D eigenvalue weighted by Gasteiger charge is 2.26. The van der Waals surface area contributed by atoms with Gasteiger partial charge in [0.05, 0.1) is 6.42 Å². The Bertz CT molecular complexity index is 225. The van der Waals surface area contributed by atoms with Crippen LogP contribution in [0.2, 0.25) is 0 Å². The van der Waals surface area contributed by atoms with Gasteiger partial charge in [-0.3, -0.25) is 4.79 Å². The van der Waals surface area contributed by atoms with Gasteiger partial charge in [-0.2, -0.15) is 0 Å². The first-order chi connectivity index (χ1) is 5.09. The summed E-state index contributed by atoms with van der Waals surface area (Å²) in [5.74, 6) is -0.644. The van der Waals surface area contributed by atoms with Gasteiger partial charge in [0.15, 0.2) is 0 Å². The Kier molecular flexibility index (Phi) is 2.08. The van der Waals surface area contributed by atoms with E-state index in [0.29, 0.717) is 5.57 Å². The van der Waals surface area contributed by atoms with E-state index in [4.69, 9.17) is 0 Å². The van der Waals surface area contributed by atoms with Crippen LogP contribution < -0.4 is 0 Å². The molecule has 1 fully saturated rings. The number of esters is 2. The summed E-state index contributed by atoms with van der Waals surface area (Å²) < 4.78 is 4.33. The molecule has 1 aliphatic heterocycles. The van der Waals surface area contributed by atoms with Gasteiger partial charge in [0.25, 0.3) is 0 Å². The summed E-state index contributed by atoms with van der Waals surface area (Å²) in [6.07, 6.45) is 1.89. The van der Waals surface area contributed by atoms with E-state index in [-0.39, 0.29) is 12.3 Å². The Balaban J connectivity index is 2.75. The van der Waals surface area contributed by atoms with Gasteiger partial charge in [-0.25, -0.2) is 4.79 Å². The zero-order valence-electron chi connectivity index (χ0n) is 6.59. The molecule has 11 heavy (non-hydrogen) atoms. The minimum atomic E-state index is -0.483. The van der Waals surface area contributed by atoms with Crippen molar-refractivity contribution in [1.82, 2.24) is 0 Å². The summed E-state index contributed by atoms with van der Waals surface area (Å²) in [5, 5.41) is 0. The minimum Gasteiger partial charge on any atom is -0.389 e. The van der Waals surface area contributed by atoms with Crippen LogP contribution in [0.3, 0.4) is 0 Å². The molecule has 0 unspecified atom stereocenters. The molecule has 0 aromatic heterocycles. The zero-order valence-corrected chi connectivity index (χ0v) is 6.59. The molecule has 0 radical (unpaired) electrons. The molecule has 0 saturated carbocycles. The second-order valence-corrected chi connectivity index (χ2v) is 2.87. The minimum absolute atomic E-state index is 0.136. The number of carbonyl (C=O) groups excluding carboxylic acids is 2. The normalized spacial score (nSPS) is 21.5. The topological polar surface area (TPSA) is 43.4 Å². The number of allylic oxidation sites excluding steroid dienone is 1. The van der Waals surface area contributed by atoms with Crippen LogP contribution in [0.15, 0.2) is 11.6 Å². The van der Waals surface area contributed by atoms with Crippen molar-refractivity contribution in [3.8, 4) is 0 Å². The number of hydrogen-bond acceptors (Lipinski definition) is 3. The molecule has 0 aromatic rings. The van der Waals surface area contributed by atoms with E-state index in [9.17, 15) is 9.59 Å². The van der Waals surface area contributed by atoms with Gasteiger partial charge in [-0.05, 0) is 5.92 Å². The molecule has 1 heterocycles. The molecule has 0 spiro atoms. The van der Waals surface area contributed by atoms with Crippen molar-refractivity contribution in [2.24, 2.45) is 5.92 Å². The number of carbonyl (C=O) groups is 2. The standard InChI is InChI=1S/C8H10O3/c1-5(2)3-6-4-7(9)11-8(6)10/h3,5H,4H2,1-2H3. The van der Waals surface area contributed by atoms with Crippen LogP contribution >= 0.6 is 0 Å². The fourth-order valence-corrected chi connectivity index (χ4v) is 0.962. The molecule has 1 aliphatic rings. The molecule has 0 atom stereocenters. The number of cyclic esters (lactones) is 2. The third-order valence-corrected chi connectivity index (χ3v) is 1.34. The fraction of sp³-hybridized carbons (Fsp3) is 0.500. The van der Waals surface area contributed by atoms with Crippen LogP contribution in [0.5, 0.6) is 0 Å². The summed E-state index contributed by atoms with van der Waals surface area (Å²) >= 11 is 0. The summed E-state index contributed by atoms with van der Waals surface area (Å²) in [7, 11) is 0. The van der Waals surface area contributed by atoms with Gasteiger partial charge >= 0.3 is 11.9 Å². The van der Waals surface area contributed by atoms with Gasteiger partial charge in [0.1, 0.15) is 0 Å². The van der Waals surface area contributed by atoms with E-state index >= 15 is 0 Å². The quantitative estimate of drug-likeness (QED) is 0.322. The predicted molar refractivity (Wildman–Crippen MR) is 38.6 cm³/mol. The first kappa shape index (κ1) is 7.98. The van der Waals surface area contributed by atoms with Gasteiger partial charge in [0, 0.05) is 5.57 Å². The molecule has 60 valence electrons. The average molecular weight is 154 g/mol. The lowest BCUT2D eigenvalue weighted by Crippen LogP contribution is -1.97. The van der Waals surface area contributed by atoms with E-state index in [1.165, 1.54) is 0 Å². The van der Waals surface area contributed by atoms with Crippen LogP contribution in [-0.2, 0) is 14.3 Å². The maximum atomic E-state index is 10.8. The lowest BCUT2D eigenvalue weighted by molar-refractivity contribution is -0.151. The first-order valence-corrected chi connectivity index (χ1v) is 3.55. The molecule has 0 aliphatic carbocycles. The second-order valence-electron chi connectivity index (χ2n) is 2.87. The molecule has 3 heteroatoms. The Labute approximate surface area is 65.0 Å². The third-order valence-electron chi connectivity index (χ3n) is 1.34. The Morgan fingerprint density at radius 2 is 2.09 bits per heavy atom. The van der Waals surface area contributed by atoms with Crippen molar-refractivity contribution in [2.75, 3.05) is 0 Å². The van der Waals surface area contributed by atoms with E-state index < -0.39 is 11.9 Å². The summed E-state index contributed by atoms with van der Waals surface area (Å²) in [6.45, 7) is 3.89. The smallest absolute Gasteiger partial charge is 0.341 e. The Morgan fingerprint density at radius 1 is 1.45 bits per heavy atom. The van der Waals surface area contributed by atoms with E-state index in [1.54, 1.807) is 6.08 Å². The van der Waals surface area contributed by atoms with Gasteiger partial charge in [-0.1, -0.05) is 19.9 Å². The molecule has 1 saturated heterocycles. The number of ether oxygens (including phenoxy) is 1. The van der Waals surface area contributed by atoms with E-state index in [2.05, 4.69) is 4.74 Å². The molecule has 0 aromatic carbocycles. The van der Waals surface area contributed by atoms with Crippen LogP contribution in [0, 0.1) is 5.92 Å². The summed E-state index contributed by atoms with van der Waals surface area (Å²) in [4.78, 5) is 21.4. The molecule has 3 nitrogen and oxygen atoms in total. The lowest BCUT2D eigenvalue weighted by atomic mass is 10.1. The molecule has 0 N–H and O–H groups in total. The van der Waals surface area contributed by atoms with Gasteiger partial charge in [0.2, 0.25) is 0 Å². The van der Waals surface area contributed by atoms with Gasteiger partial charge in [-0.15, -0.1) is 0 Å². The molecule has 0 amide bonds. The van der Waals surface area contributed by atoms with Crippen LogP contribution in [0.25, 0.3) is 0 Å². The second kappa shape index (κ2) is 2.86. The van der Waals surface area contributed by atoms with Crippen molar-refractivity contribution >= 4 is 11.9 Å². The highest BCUT2D eigenvalue weighted by atomic mass is 16.6. The first-order valence-electron chi connectivity index (χ1n) is 3.55. The van der Waals surface area contributed by atoms with Crippen LogP contribution in [-0.4, -0.2) is 11.9 Å². The Hall–Kier alpha value is -1.12. The van der Waals surface area contributed by atoms with Crippen molar-refractivity contribution < 1.29 is 14.3 Å². The van der Waals surface area contributed by atoms with Crippen LogP contribution in [0.1, 0.15) is 20.3 Å². The fourth-order valence-electron chi connectivity index (χ4n) is 0.962. The maximum absolute atomic E-state index is 10.8. The zero-order chi connectivity index (χ0) is 8.43. The Morgan fingerprint density at radius 3 is 2.45 bits per heavy atom. The van der Waals surface area contributed by atoms with E-state index in [1.807, 2.05) is 13.8 Å². The molecule has 1 rings (SSSR count). The molecule has 0 bridgehead atoms. The number of rotatable bonds is 1. The maximum Gasteiger partial charge on any atom is 0.341 e. The lowest BCUT2D eigenvalue weighted by Gasteiger charge is -1.94. The predicted octanol–water partition coefficient (Wildman–Crippen LogP) is 1.04. The summed E-state index contributed by atoms with van der Waals surface area (Å²) in [6, 6.07) is 0. The SMILES string of the molecule is CC(C)C=C1CC(=O)OC1=O. The molecular formula is C8H10O3. The van der Waals surface area contributed by atoms with Crippen molar-refractivity contribution in [2.45, 2.75) is 20.3 Å². The highest BCUT2D eigenvalue weighted by Crippen LogP contribution is 2.16. The summed E-state index contributed by atoms with van der Waals surface area (Å²) in [5.41, 5.74) is 0.491. The monoisotopic (exact) mass is 154 g/mol. The van der Waals surface area contributed by atoms with Gasteiger partial charge < -0.3 is 4.74 Å². The molecular weight excluding hydrogens is 144 g/mol. The number of hydrogen-bond donors (Lipinski definition) is 0. The van der Waals surface area contributed by atoms with Crippen LogP contribution in [0.4, 0.5) is 0 Å². The third kappa shape index (κ3) is 1.90. The average Bonchev–Trinajstić information content (AvgIpc) is 2.09. The largest absolute Gasteiger partial charge is 0.389 e.